The first-order chi connectivity index (χ1) is 9.24. The van der Waals surface area contributed by atoms with Crippen molar-refractivity contribution in [2.24, 2.45) is 0 Å². The van der Waals surface area contributed by atoms with Gasteiger partial charge in [-0.1, -0.05) is 0 Å². The number of hydrogen-bond donors (Lipinski definition) is 0. The SMILES string of the molecule is CCOC(=O)/C(F)=C1/CCCN(C(=O)OC(C)(C)C)C1. The van der Waals surface area contributed by atoms with Gasteiger partial charge in [0.1, 0.15) is 5.60 Å². The summed E-state index contributed by atoms with van der Waals surface area (Å²) in [4.78, 5) is 24.7. The summed E-state index contributed by atoms with van der Waals surface area (Å²) in [6.07, 6.45) is 0.553. The number of halogens is 1. The normalized spacial score (nSPS) is 18.6. The van der Waals surface area contributed by atoms with E-state index in [9.17, 15) is 14.0 Å². The van der Waals surface area contributed by atoms with Crippen LogP contribution in [0.3, 0.4) is 0 Å². The summed E-state index contributed by atoms with van der Waals surface area (Å²) in [5.41, 5.74) is -0.307. The lowest BCUT2D eigenvalue weighted by atomic mass is 10.0. The molecule has 0 N–H and O–H groups in total. The molecule has 0 spiro atoms. The Morgan fingerprint density at radius 1 is 1.35 bits per heavy atom. The van der Waals surface area contributed by atoms with Crippen LogP contribution in [0.2, 0.25) is 0 Å². The molecule has 20 heavy (non-hydrogen) atoms. The van der Waals surface area contributed by atoms with Crippen LogP contribution in [0.4, 0.5) is 9.18 Å². The van der Waals surface area contributed by atoms with E-state index in [2.05, 4.69) is 4.74 Å². The zero-order valence-corrected chi connectivity index (χ0v) is 12.5. The molecule has 0 aromatic rings. The summed E-state index contributed by atoms with van der Waals surface area (Å²) < 4.78 is 23.7. The molecular weight excluding hydrogens is 265 g/mol. The number of ether oxygens (including phenoxy) is 2. The van der Waals surface area contributed by atoms with Crippen molar-refractivity contribution in [2.75, 3.05) is 19.7 Å². The molecule has 1 fully saturated rings. The first-order valence-corrected chi connectivity index (χ1v) is 6.77. The summed E-state index contributed by atoms with van der Waals surface area (Å²) in [7, 11) is 0. The van der Waals surface area contributed by atoms with Gasteiger partial charge in [-0.25, -0.2) is 9.59 Å². The molecule has 0 unspecified atom stereocenters. The average molecular weight is 287 g/mol. The lowest BCUT2D eigenvalue weighted by Gasteiger charge is -2.31. The van der Waals surface area contributed by atoms with E-state index in [-0.39, 0.29) is 13.2 Å². The smallest absolute Gasteiger partial charge is 0.410 e. The van der Waals surface area contributed by atoms with Crippen LogP contribution >= 0.6 is 0 Å². The zero-order chi connectivity index (χ0) is 15.3. The van der Waals surface area contributed by atoms with Gasteiger partial charge in [-0.05, 0) is 46.1 Å². The monoisotopic (exact) mass is 287 g/mol. The van der Waals surface area contributed by atoms with Crippen LogP contribution in [-0.2, 0) is 14.3 Å². The van der Waals surface area contributed by atoms with E-state index in [4.69, 9.17) is 4.74 Å². The number of rotatable bonds is 2. The summed E-state index contributed by atoms with van der Waals surface area (Å²) >= 11 is 0. The first kappa shape index (κ1) is 16.5. The molecule has 0 aliphatic carbocycles. The fraction of sp³-hybridized carbons (Fsp3) is 0.714. The number of esters is 1. The van der Waals surface area contributed by atoms with Gasteiger partial charge in [0, 0.05) is 13.1 Å². The lowest BCUT2D eigenvalue weighted by molar-refractivity contribution is -0.140. The number of amides is 1. The zero-order valence-electron chi connectivity index (χ0n) is 12.5. The van der Waals surface area contributed by atoms with Crippen LogP contribution in [-0.4, -0.2) is 42.3 Å². The highest BCUT2D eigenvalue weighted by Crippen LogP contribution is 2.22. The molecule has 1 saturated heterocycles. The second-order valence-electron chi connectivity index (χ2n) is 5.64. The maximum atomic E-state index is 13.9. The second-order valence-corrected chi connectivity index (χ2v) is 5.64. The molecule has 1 amide bonds. The lowest BCUT2D eigenvalue weighted by Crippen LogP contribution is -2.41. The third kappa shape index (κ3) is 4.83. The molecule has 1 heterocycles. The highest BCUT2D eigenvalue weighted by atomic mass is 19.1. The summed E-state index contributed by atoms with van der Waals surface area (Å²) in [5, 5.41) is 0. The quantitative estimate of drug-likeness (QED) is 0.579. The standard InChI is InChI=1S/C14H22FNO4/c1-5-19-12(17)11(15)10-7-6-8-16(9-10)13(18)20-14(2,3)4/h5-9H2,1-4H3/b11-10+. The van der Waals surface area contributed by atoms with Crippen LogP contribution in [0.25, 0.3) is 0 Å². The predicted molar refractivity (Wildman–Crippen MR) is 71.8 cm³/mol. The fourth-order valence-corrected chi connectivity index (χ4v) is 1.87. The minimum absolute atomic E-state index is 0.0690. The molecule has 0 bridgehead atoms. The Morgan fingerprint density at radius 3 is 2.55 bits per heavy atom. The van der Waals surface area contributed by atoms with Gasteiger partial charge in [-0.15, -0.1) is 0 Å². The number of carbonyl (C=O) groups excluding carboxylic acids is 2. The highest BCUT2D eigenvalue weighted by Gasteiger charge is 2.28. The number of nitrogens with zero attached hydrogens (tertiary/aromatic N) is 1. The Morgan fingerprint density at radius 2 is 2.00 bits per heavy atom. The van der Waals surface area contributed by atoms with Crippen molar-refractivity contribution in [2.45, 2.75) is 46.1 Å². The molecule has 0 aromatic carbocycles. The molecule has 0 aromatic heterocycles. The van der Waals surface area contributed by atoms with Gasteiger partial charge in [-0.2, -0.15) is 4.39 Å². The summed E-state index contributed by atoms with van der Waals surface area (Å²) in [5.74, 6) is -1.85. The van der Waals surface area contributed by atoms with Crippen molar-refractivity contribution < 1.29 is 23.5 Å². The van der Waals surface area contributed by atoms with Gasteiger partial charge in [-0.3, -0.25) is 0 Å². The van der Waals surface area contributed by atoms with E-state index in [1.54, 1.807) is 27.7 Å². The minimum Gasteiger partial charge on any atom is -0.461 e. The van der Waals surface area contributed by atoms with Crippen LogP contribution in [0.15, 0.2) is 11.4 Å². The highest BCUT2D eigenvalue weighted by molar-refractivity contribution is 5.87. The molecular formula is C14H22FNO4. The molecule has 1 rings (SSSR count). The van der Waals surface area contributed by atoms with Gasteiger partial charge in [0.25, 0.3) is 0 Å². The van der Waals surface area contributed by atoms with E-state index in [1.807, 2.05) is 0 Å². The third-order valence-electron chi connectivity index (χ3n) is 2.71. The molecule has 0 atom stereocenters. The van der Waals surface area contributed by atoms with Crippen LogP contribution < -0.4 is 0 Å². The molecule has 5 nitrogen and oxygen atoms in total. The Bertz CT molecular complexity index is 412. The van der Waals surface area contributed by atoms with Crippen LogP contribution in [0.5, 0.6) is 0 Å². The van der Waals surface area contributed by atoms with Crippen molar-refractivity contribution in [3.63, 3.8) is 0 Å². The van der Waals surface area contributed by atoms with Crippen molar-refractivity contribution in [1.29, 1.82) is 0 Å². The number of likely N-dealkylation sites (tertiary alicyclic amines) is 1. The molecule has 1 aliphatic rings. The molecule has 0 radical (unpaired) electrons. The topological polar surface area (TPSA) is 55.8 Å². The van der Waals surface area contributed by atoms with Gasteiger partial charge >= 0.3 is 12.1 Å². The minimum atomic E-state index is -0.964. The van der Waals surface area contributed by atoms with Crippen molar-refractivity contribution in [3.8, 4) is 0 Å². The van der Waals surface area contributed by atoms with Crippen molar-refractivity contribution in [1.82, 2.24) is 4.90 Å². The Kier molecular flexibility index (Phi) is 5.53. The first-order valence-electron chi connectivity index (χ1n) is 6.77. The molecule has 0 saturated carbocycles. The maximum Gasteiger partial charge on any atom is 0.410 e. The van der Waals surface area contributed by atoms with E-state index in [0.29, 0.717) is 25.0 Å². The Hall–Kier alpha value is -1.59. The number of carbonyl (C=O) groups is 2. The van der Waals surface area contributed by atoms with Gasteiger partial charge in [0.05, 0.1) is 6.61 Å². The Labute approximate surface area is 118 Å². The summed E-state index contributed by atoms with van der Waals surface area (Å²) in [6.45, 7) is 7.60. The molecule has 6 heteroatoms. The van der Waals surface area contributed by atoms with E-state index in [1.165, 1.54) is 4.90 Å². The van der Waals surface area contributed by atoms with E-state index >= 15 is 0 Å². The summed E-state index contributed by atoms with van der Waals surface area (Å²) in [6, 6.07) is 0. The van der Waals surface area contributed by atoms with E-state index in [0.717, 1.165) is 0 Å². The van der Waals surface area contributed by atoms with Gasteiger partial charge in [0.15, 0.2) is 0 Å². The maximum absolute atomic E-state index is 13.9. The largest absolute Gasteiger partial charge is 0.461 e. The molecule has 1 aliphatic heterocycles. The average Bonchev–Trinajstić information content (AvgIpc) is 2.36. The van der Waals surface area contributed by atoms with Crippen molar-refractivity contribution in [3.05, 3.63) is 11.4 Å². The van der Waals surface area contributed by atoms with Crippen LogP contribution in [0.1, 0.15) is 40.5 Å². The van der Waals surface area contributed by atoms with Crippen LogP contribution in [0, 0.1) is 0 Å². The fourth-order valence-electron chi connectivity index (χ4n) is 1.87. The molecule has 114 valence electrons. The van der Waals surface area contributed by atoms with E-state index < -0.39 is 23.5 Å². The third-order valence-corrected chi connectivity index (χ3v) is 2.71. The predicted octanol–water partition coefficient (Wildman–Crippen LogP) is 2.80. The number of hydrogen-bond acceptors (Lipinski definition) is 4. The van der Waals surface area contributed by atoms with Crippen molar-refractivity contribution >= 4 is 12.1 Å². The second kappa shape index (κ2) is 6.72. The van der Waals surface area contributed by atoms with Gasteiger partial charge in [0.2, 0.25) is 5.83 Å². The van der Waals surface area contributed by atoms with Gasteiger partial charge < -0.3 is 14.4 Å². The Balaban J connectivity index is 2.74. The number of piperidine rings is 1.